The summed E-state index contributed by atoms with van der Waals surface area (Å²) < 4.78 is 39.5. The topological polar surface area (TPSA) is 41.4 Å². The number of amides is 1. The molecular weight excluding hydrogens is 405 g/mol. The van der Waals surface area contributed by atoms with Crippen LogP contribution in [0.2, 0.25) is 0 Å². The van der Waals surface area contributed by atoms with Crippen LogP contribution in [0.15, 0.2) is 36.5 Å². The van der Waals surface area contributed by atoms with Crippen molar-refractivity contribution in [3.8, 4) is 5.69 Å². The van der Waals surface area contributed by atoms with Crippen molar-refractivity contribution in [2.75, 3.05) is 32.7 Å². The smallest absolute Gasteiger partial charge is 0.338 e. The molecule has 0 saturated carbocycles. The van der Waals surface area contributed by atoms with Crippen LogP contribution in [0.1, 0.15) is 48.7 Å². The van der Waals surface area contributed by atoms with Crippen LogP contribution in [-0.4, -0.2) is 58.2 Å². The number of alkyl halides is 3. The van der Waals surface area contributed by atoms with Crippen LogP contribution >= 0.6 is 0 Å². The van der Waals surface area contributed by atoms with Crippen molar-refractivity contribution in [2.24, 2.45) is 11.8 Å². The van der Waals surface area contributed by atoms with Crippen LogP contribution in [0.25, 0.3) is 5.69 Å². The first-order chi connectivity index (χ1) is 14.8. The zero-order valence-electron chi connectivity index (χ0n) is 17.8. The Morgan fingerprint density at radius 1 is 1.06 bits per heavy atom. The fourth-order valence-corrected chi connectivity index (χ4v) is 4.57. The lowest BCUT2D eigenvalue weighted by atomic mass is 9.94. The van der Waals surface area contributed by atoms with Gasteiger partial charge in [0.05, 0.1) is 5.69 Å². The summed E-state index contributed by atoms with van der Waals surface area (Å²) in [7, 11) is 0. The number of piperidine rings is 2. The van der Waals surface area contributed by atoms with Crippen molar-refractivity contribution in [1.29, 1.82) is 0 Å². The van der Waals surface area contributed by atoms with Gasteiger partial charge in [-0.15, -0.1) is 0 Å². The predicted molar refractivity (Wildman–Crippen MR) is 112 cm³/mol. The zero-order chi connectivity index (χ0) is 22.0. The molecule has 2 saturated heterocycles. The number of hydrogen-bond donors (Lipinski definition) is 0. The molecule has 2 aliphatic heterocycles. The number of halogens is 3. The maximum Gasteiger partial charge on any atom is 0.435 e. The second-order valence-electron chi connectivity index (χ2n) is 8.93. The average molecular weight is 435 g/mol. The number of carbonyl (C=O) groups excluding carboxylic acids is 1. The van der Waals surface area contributed by atoms with Crippen LogP contribution in [0, 0.1) is 11.8 Å². The van der Waals surface area contributed by atoms with Gasteiger partial charge in [-0.1, -0.05) is 6.92 Å². The molecular formula is C23H29F3N4O. The van der Waals surface area contributed by atoms with E-state index in [0.717, 1.165) is 57.5 Å². The number of benzene rings is 1. The molecule has 4 rings (SSSR count). The van der Waals surface area contributed by atoms with E-state index in [1.807, 2.05) is 4.90 Å². The van der Waals surface area contributed by atoms with Gasteiger partial charge in [0.2, 0.25) is 0 Å². The molecule has 1 aromatic carbocycles. The lowest BCUT2D eigenvalue weighted by molar-refractivity contribution is -0.141. The molecule has 0 aliphatic carbocycles. The van der Waals surface area contributed by atoms with Gasteiger partial charge in [0, 0.05) is 31.4 Å². The molecule has 1 unspecified atom stereocenters. The van der Waals surface area contributed by atoms with Gasteiger partial charge < -0.3 is 9.80 Å². The van der Waals surface area contributed by atoms with Gasteiger partial charge in [0.25, 0.3) is 5.91 Å². The minimum atomic E-state index is -4.47. The van der Waals surface area contributed by atoms with Crippen LogP contribution in [0.3, 0.4) is 0 Å². The molecule has 168 valence electrons. The number of carbonyl (C=O) groups is 1. The minimum absolute atomic E-state index is 0.0139. The summed E-state index contributed by atoms with van der Waals surface area (Å²) in [5.41, 5.74) is 0.109. The van der Waals surface area contributed by atoms with E-state index in [9.17, 15) is 18.0 Å². The minimum Gasteiger partial charge on any atom is -0.338 e. The quantitative estimate of drug-likeness (QED) is 0.713. The molecule has 2 aliphatic rings. The van der Waals surface area contributed by atoms with E-state index >= 15 is 0 Å². The van der Waals surface area contributed by atoms with E-state index in [4.69, 9.17) is 0 Å². The standard InChI is InChI=1S/C23H29F3N4O/c1-17-8-12-28(13-9-17)15-18-3-2-11-29(16-18)22(31)19-4-6-20(7-5-19)30-14-10-21(27-30)23(24,25)26/h4-7,10,14,17-18H,2-3,8-9,11-13,15-16H2,1H3. The molecule has 0 bridgehead atoms. The number of rotatable bonds is 4. The van der Waals surface area contributed by atoms with E-state index in [-0.39, 0.29) is 5.91 Å². The average Bonchev–Trinajstić information content (AvgIpc) is 3.26. The van der Waals surface area contributed by atoms with Gasteiger partial charge in [-0.05, 0) is 80.9 Å². The molecule has 8 heteroatoms. The van der Waals surface area contributed by atoms with Crippen LogP contribution in [-0.2, 0) is 6.18 Å². The monoisotopic (exact) mass is 434 g/mol. The normalized spacial score (nSPS) is 21.4. The van der Waals surface area contributed by atoms with Crippen molar-refractivity contribution in [3.05, 3.63) is 47.8 Å². The van der Waals surface area contributed by atoms with Crippen molar-refractivity contribution in [1.82, 2.24) is 19.6 Å². The lowest BCUT2D eigenvalue weighted by Crippen LogP contribution is -2.45. The Hall–Kier alpha value is -2.35. The summed E-state index contributed by atoms with van der Waals surface area (Å²) in [6.07, 6.45) is 1.46. The highest BCUT2D eigenvalue weighted by atomic mass is 19.4. The maximum absolute atomic E-state index is 13.0. The first-order valence-corrected chi connectivity index (χ1v) is 11.0. The summed E-state index contributed by atoms with van der Waals surface area (Å²) in [4.78, 5) is 17.5. The Kier molecular flexibility index (Phi) is 6.36. The van der Waals surface area contributed by atoms with E-state index in [0.29, 0.717) is 17.2 Å². The third-order valence-electron chi connectivity index (χ3n) is 6.46. The fourth-order valence-electron chi connectivity index (χ4n) is 4.57. The summed E-state index contributed by atoms with van der Waals surface area (Å²) in [5.74, 6) is 1.29. The number of aromatic nitrogens is 2. The highest BCUT2D eigenvalue weighted by Gasteiger charge is 2.33. The van der Waals surface area contributed by atoms with Crippen molar-refractivity contribution in [2.45, 2.75) is 38.8 Å². The Morgan fingerprint density at radius 2 is 1.77 bits per heavy atom. The van der Waals surface area contributed by atoms with Gasteiger partial charge in [0.1, 0.15) is 0 Å². The van der Waals surface area contributed by atoms with Gasteiger partial charge in [-0.25, -0.2) is 4.68 Å². The Bertz CT molecular complexity index is 885. The van der Waals surface area contributed by atoms with Gasteiger partial charge >= 0.3 is 6.18 Å². The highest BCUT2D eigenvalue weighted by Crippen LogP contribution is 2.28. The van der Waals surface area contributed by atoms with E-state index in [1.165, 1.54) is 23.7 Å². The van der Waals surface area contributed by atoms with Gasteiger partial charge in [0.15, 0.2) is 5.69 Å². The Morgan fingerprint density at radius 3 is 2.42 bits per heavy atom. The second-order valence-corrected chi connectivity index (χ2v) is 8.93. The second kappa shape index (κ2) is 9.02. The molecule has 1 aromatic heterocycles. The number of hydrogen-bond acceptors (Lipinski definition) is 3. The third kappa shape index (κ3) is 5.29. The summed E-state index contributed by atoms with van der Waals surface area (Å²) >= 11 is 0. The van der Waals surface area contributed by atoms with E-state index < -0.39 is 11.9 Å². The van der Waals surface area contributed by atoms with Crippen LogP contribution in [0.4, 0.5) is 13.2 Å². The molecule has 5 nitrogen and oxygen atoms in total. The van der Waals surface area contributed by atoms with E-state index in [2.05, 4.69) is 16.9 Å². The lowest BCUT2D eigenvalue weighted by Gasteiger charge is -2.38. The molecule has 2 aromatic rings. The predicted octanol–water partition coefficient (Wildman–Crippen LogP) is 4.48. The summed E-state index contributed by atoms with van der Waals surface area (Å²) in [5, 5.41) is 3.58. The van der Waals surface area contributed by atoms with Gasteiger partial charge in [-0.3, -0.25) is 4.79 Å². The molecule has 2 fully saturated rings. The highest BCUT2D eigenvalue weighted by molar-refractivity contribution is 5.94. The molecule has 0 radical (unpaired) electrons. The van der Waals surface area contributed by atoms with Gasteiger partial charge in [-0.2, -0.15) is 18.3 Å². The molecule has 0 spiro atoms. The van der Waals surface area contributed by atoms with Crippen LogP contribution < -0.4 is 0 Å². The third-order valence-corrected chi connectivity index (χ3v) is 6.46. The SMILES string of the molecule is CC1CCN(CC2CCCN(C(=O)c3ccc(-n4ccc(C(F)(F)F)n4)cc3)C2)CC1. The molecule has 3 heterocycles. The van der Waals surface area contributed by atoms with Crippen molar-refractivity contribution < 1.29 is 18.0 Å². The zero-order valence-corrected chi connectivity index (χ0v) is 17.8. The molecule has 31 heavy (non-hydrogen) atoms. The Balaban J connectivity index is 1.37. The fraction of sp³-hybridized carbons (Fsp3) is 0.565. The summed E-state index contributed by atoms with van der Waals surface area (Å²) in [6, 6.07) is 7.55. The largest absolute Gasteiger partial charge is 0.435 e. The summed E-state index contributed by atoms with van der Waals surface area (Å²) in [6.45, 7) is 7.18. The molecule has 0 N–H and O–H groups in total. The van der Waals surface area contributed by atoms with Crippen molar-refractivity contribution >= 4 is 5.91 Å². The molecule has 1 amide bonds. The van der Waals surface area contributed by atoms with Crippen molar-refractivity contribution in [3.63, 3.8) is 0 Å². The molecule has 1 atom stereocenters. The number of nitrogens with zero attached hydrogens (tertiary/aromatic N) is 4. The first kappa shape index (κ1) is 21.9. The number of likely N-dealkylation sites (tertiary alicyclic amines) is 2. The Labute approximate surface area is 180 Å². The van der Waals surface area contributed by atoms with Crippen LogP contribution in [0.5, 0.6) is 0 Å². The van der Waals surface area contributed by atoms with E-state index in [1.54, 1.807) is 24.3 Å². The maximum atomic E-state index is 13.0. The first-order valence-electron chi connectivity index (χ1n) is 11.0.